The van der Waals surface area contributed by atoms with Crippen molar-refractivity contribution in [1.82, 2.24) is 0 Å². The first kappa shape index (κ1) is 12.1. The standard InChI is InChI=1S/C5H9ClF2O3S/c1-12(10,11)3-2-4(9)5(6,7)8/h4,9H,2-3H2,1H3. The van der Waals surface area contributed by atoms with Gasteiger partial charge in [0.2, 0.25) is 0 Å². The minimum atomic E-state index is -3.76. The van der Waals surface area contributed by atoms with Gasteiger partial charge in [0.05, 0.1) is 5.75 Å². The van der Waals surface area contributed by atoms with E-state index in [0.717, 1.165) is 6.26 Å². The van der Waals surface area contributed by atoms with Crippen molar-refractivity contribution in [2.24, 2.45) is 0 Å². The van der Waals surface area contributed by atoms with Crippen molar-refractivity contribution in [3.05, 3.63) is 0 Å². The van der Waals surface area contributed by atoms with E-state index in [4.69, 9.17) is 5.11 Å². The predicted octanol–water partition coefficient (Wildman–Crippen LogP) is 0.614. The lowest BCUT2D eigenvalue weighted by Gasteiger charge is -2.14. The lowest BCUT2D eigenvalue weighted by Crippen LogP contribution is -2.29. The molecule has 0 heterocycles. The van der Waals surface area contributed by atoms with Crippen molar-refractivity contribution in [2.45, 2.75) is 17.9 Å². The Balaban J connectivity index is 3.97. The zero-order valence-electron chi connectivity index (χ0n) is 6.30. The third kappa shape index (κ3) is 5.68. The second-order valence-corrected chi connectivity index (χ2v) is 5.24. The van der Waals surface area contributed by atoms with Gasteiger partial charge in [-0.1, -0.05) is 0 Å². The smallest absolute Gasteiger partial charge is 0.347 e. The zero-order valence-corrected chi connectivity index (χ0v) is 7.87. The topological polar surface area (TPSA) is 54.4 Å². The molecule has 0 amide bonds. The Labute approximate surface area is 74.3 Å². The van der Waals surface area contributed by atoms with Crippen LogP contribution in [0.1, 0.15) is 6.42 Å². The maximum absolute atomic E-state index is 12.0. The second-order valence-electron chi connectivity index (χ2n) is 2.48. The van der Waals surface area contributed by atoms with E-state index in [1.54, 1.807) is 0 Å². The van der Waals surface area contributed by atoms with Gasteiger partial charge in [-0.05, 0) is 18.0 Å². The number of aliphatic hydroxyl groups is 1. The molecule has 0 aromatic rings. The molecule has 7 heteroatoms. The summed E-state index contributed by atoms with van der Waals surface area (Å²) in [6.07, 6.45) is -1.78. The molecule has 0 saturated heterocycles. The van der Waals surface area contributed by atoms with Crippen LogP contribution in [0.5, 0.6) is 0 Å². The van der Waals surface area contributed by atoms with Crippen LogP contribution in [-0.4, -0.2) is 37.0 Å². The van der Waals surface area contributed by atoms with Gasteiger partial charge in [-0.3, -0.25) is 0 Å². The van der Waals surface area contributed by atoms with Crippen molar-refractivity contribution < 1.29 is 22.3 Å². The number of alkyl halides is 3. The Kier molecular flexibility index (Phi) is 3.87. The van der Waals surface area contributed by atoms with E-state index in [1.807, 2.05) is 0 Å². The summed E-state index contributed by atoms with van der Waals surface area (Å²) in [4.78, 5) is 0. The number of halogens is 3. The zero-order chi connectivity index (χ0) is 9.99. The third-order valence-corrected chi connectivity index (χ3v) is 2.37. The molecule has 1 unspecified atom stereocenters. The van der Waals surface area contributed by atoms with Crippen molar-refractivity contribution in [1.29, 1.82) is 0 Å². The van der Waals surface area contributed by atoms with Crippen molar-refractivity contribution in [3.63, 3.8) is 0 Å². The molecule has 1 N–H and O–H groups in total. The SMILES string of the molecule is CS(=O)(=O)CCC(O)C(F)(F)Cl. The molecule has 0 bridgehead atoms. The highest BCUT2D eigenvalue weighted by Gasteiger charge is 2.35. The van der Waals surface area contributed by atoms with Crippen LogP contribution in [-0.2, 0) is 9.84 Å². The molecule has 0 aliphatic heterocycles. The van der Waals surface area contributed by atoms with E-state index < -0.39 is 33.5 Å². The molecule has 1 atom stereocenters. The fourth-order valence-electron chi connectivity index (χ4n) is 0.489. The average Bonchev–Trinajstić information content (AvgIpc) is 1.78. The van der Waals surface area contributed by atoms with Crippen LogP contribution >= 0.6 is 11.6 Å². The highest BCUT2D eigenvalue weighted by atomic mass is 35.5. The number of rotatable bonds is 4. The van der Waals surface area contributed by atoms with Gasteiger partial charge in [0, 0.05) is 6.26 Å². The van der Waals surface area contributed by atoms with E-state index in [-0.39, 0.29) is 0 Å². The highest BCUT2D eigenvalue weighted by Crippen LogP contribution is 2.25. The minimum absolute atomic E-state index is 0.503. The summed E-state index contributed by atoms with van der Waals surface area (Å²) in [5.41, 5.74) is 0. The predicted molar refractivity (Wildman–Crippen MR) is 41.1 cm³/mol. The maximum atomic E-state index is 12.0. The second kappa shape index (κ2) is 3.85. The Bertz CT molecular complexity index is 234. The number of sulfone groups is 1. The molecule has 0 aromatic heterocycles. The van der Waals surface area contributed by atoms with Gasteiger partial charge in [-0.25, -0.2) is 8.42 Å². The first-order valence-corrected chi connectivity index (χ1v) is 5.49. The fourth-order valence-corrected chi connectivity index (χ4v) is 1.25. The van der Waals surface area contributed by atoms with Gasteiger partial charge in [0.1, 0.15) is 15.9 Å². The third-order valence-electron chi connectivity index (χ3n) is 1.14. The number of hydrogen-bond donors (Lipinski definition) is 1. The quantitative estimate of drug-likeness (QED) is 0.710. The van der Waals surface area contributed by atoms with Crippen molar-refractivity contribution in [3.8, 4) is 0 Å². The van der Waals surface area contributed by atoms with Crippen molar-refractivity contribution >= 4 is 21.4 Å². The van der Waals surface area contributed by atoms with Crippen LogP contribution < -0.4 is 0 Å². The molecule has 3 nitrogen and oxygen atoms in total. The monoisotopic (exact) mass is 222 g/mol. The molecule has 74 valence electrons. The largest absolute Gasteiger partial charge is 0.385 e. The van der Waals surface area contributed by atoms with Crippen LogP contribution in [0.3, 0.4) is 0 Å². The van der Waals surface area contributed by atoms with E-state index in [0.29, 0.717) is 0 Å². The highest BCUT2D eigenvalue weighted by molar-refractivity contribution is 7.90. The number of hydrogen-bond acceptors (Lipinski definition) is 3. The molecule has 12 heavy (non-hydrogen) atoms. The summed E-state index contributed by atoms with van der Waals surface area (Å²) >= 11 is 4.43. The Morgan fingerprint density at radius 3 is 2.25 bits per heavy atom. The van der Waals surface area contributed by atoms with Gasteiger partial charge in [0.15, 0.2) is 0 Å². The Morgan fingerprint density at radius 1 is 1.58 bits per heavy atom. The molecule has 0 fully saturated rings. The summed E-state index contributed by atoms with van der Waals surface area (Å²) in [5.74, 6) is -0.503. The van der Waals surface area contributed by atoms with Gasteiger partial charge < -0.3 is 5.11 Å². The van der Waals surface area contributed by atoms with E-state index in [9.17, 15) is 17.2 Å². The first-order valence-electron chi connectivity index (χ1n) is 3.05. The van der Waals surface area contributed by atoms with E-state index >= 15 is 0 Å². The number of aliphatic hydroxyl groups excluding tert-OH is 1. The summed E-state index contributed by atoms with van der Waals surface area (Å²) < 4.78 is 45.0. The molecule has 0 aromatic carbocycles. The summed E-state index contributed by atoms with van der Waals surface area (Å²) in [6, 6.07) is 0. The van der Waals surface area contributed by atoms with Gasteiger partial charge in [-0.15, -0.1) is 0 Å². The van der Waals surface area contributed by atoms with Crippen LogP contribution in [0.2, 0.25) is 0 Å². The first-order chi connectivity index (χ1) is 5.13. The van der Waals surface area contributed by atoms with Gasteiger partial charge in [0.25, 0.3) is 0 Å². The van der Waals surface area contributed by atoms with Crippen LogP contribution in [0, 0.1) is 0 Å². The lowest BCUT2D eigenvalue weighted by atomic mass is 10.3. The molecule has 0 radical (unpaired) electrons. The molecule has 0 aliphatic rings. The van der Waals surface area contributed by atoms with E-state index in [1.165, 1.54) is 0 Å². The summed E-state index contributed by atoms with van der Waals surface area (Å²) in [5, 5.41) is 4.84. The molecular weight excluding hydrogens is 214 g/mol. The Hall–Kier alpha value is 0.0600. The minimum Gasteiger partial charge on any atom is -0.385 e. The summed E-state index contributed by atoms with van der Waals surface area (Å²) in [6.45, 7) is 0. The molecule has 0 rings (SSSR count). The van der Waals surface area contributed by atoms with E-state index in [2.05, 4.69) is 11.6 Å². The van der Waals surface area contributed by atoms with Gasteiger partial charge in [-0.2, -0.15) is 8.78 Å². The van der Waals surface area contributed by atoms with Crippen molar-refractivity contribution in [2.75, 3.05) is 12.0 Å². The maximum Gasteiger partial charge on any atom is 0.347 e. The van der Waals surface area contributed by atoms with Gasteiger partial charge >= 0.3 is 5.38 Å². The Morgan fingerprint density at radius 2 is 2.00 bits per heavy atom. The lowest BCUT2D eigenvalue weighted by molar-refractivity contribution is -0.0413. The van der Waals surface area contributed by atoms with Crippen LogP contribution in [0.15, 0.2) is 0 Å². The normalized spacial score (nSPS) is 16.1. The average molecular weight is 223 g/mol. The molecular formula is C5H9ClF2O3S. The molecule has 0 saturated carbocycles. The molecule has 0 spiro atoms. The van der Waals surface area contributed by atoms with Crippen LogP contribution in [0.4, 0.5) is 8.78 Å². The summed E-state index contributed by atoms with van der Waals surface area (Å²) in [7, 11) is -3.33. The van der Waals surface area contributed by atoms with Crippen LogP contribution in [0.25, 0.3) is 0 Å². The fraction of sp³-hybridized carbons (Fsp3) is 1.00. The molecule has 0 aliphatic carbocycles.